The second-order valence-corrected chi connectivity index (χ2v) is 4.17. The summed E-state index contributed by atoms with van der Waals surface area (Å²) in [5.74, 6) is 0.876. The third-order valence-electron chi connectivity index (χ3n) is 2.85. The van der Waals surface area contributed by atoms with Gasteiger partial charge in [0.15, 0.2) is 0 Å². The normalized spacial score (nSPS) is 11.9. The molecule has 1 heterocycles. The molecule has 0 amide bonds. The van der Waals surface area contributed by atoms with Crippen molar-refractivity contribution in [2.24, 2.45) is 5.73 Å². The molecule has 100 valence electrons. The molecule has 4 nitrogen and oxygen atoms in total. The fourth-order valence-corrected chi connectivity index (χ4v) is 1.89. The average Bonchev–Trinajstić information content (AvgIpc) is 2.48. The Labute approximate surface area is 113 Å². The summed E-state index contributed by atoms with van der Waals surface area (Å²) in [6, 6.07) is 11.9. The molecule has 3 N–H and O–H groups in total. The Hall–Kier alpha value is -2.07. The van der Waals surface area contributed by atoms with E-state index in [4.69, 9.17) is 10.5 Å². The lowest BCUT2D eigenvalue weighted by molar-refractivity contribution is 0.340. The van der Waals surface area contributed by atoms with Gasteiger partial charge in [-0.25, -0.2) is 0 Å². The highest BCUT2D eigenvalue weighted by Crippen LogP contribution is 2.21. The topological polar surface area (TPSA) is 60.2 Å². The lowest BCUT2D eigenvalue weighted by Gasteiger charge is -2.18. The second-order valence-electron chi connectivity index (χ2n) is 4.17. The summed E-state index contributed by atoms with van der Waals surface area (Å²) in [4.78, 5) is 4.02. The van der Waals surface area contributed by atoms with Crippen LogP contribution in [0.1, 0.15) is 18.5 Å². The average molecular weight is 257 g/mol. The molecule has 1 aromatic heterocycles. The maximum absolute atomic E-state index is 5.82. The van der Waals surface area contributed by atoms with Crippen molar-refractivity contribution in [3.63, 3.8) is 0 Å². The molecule has 0 radical (unpaired) electrons. The van der Waals surface area contributed by atoms with Gasteiger partial charge in [-0.3, -0.25) is 4.98 Å². The van der Waals surface area contributed by atoms with E-state index in [1.54, 1.807) is 12.4 Å². The van der Waals surface area contributed by atoms with Crippen LogP contribution in [0.2, 0.25) is 0 Å². The van der Waals surface area contributed by atoms with Gasteiger partial charge < -0.3 is 15.8 Å². The summed E-state index contributed by atoms with van der Waals surface area (Å²) >= 11 is 0. The Kier molecular flexibility index (Phi) is 4.75. The van der Waals surface area contributed by atoms with E-state index in [1.165, 1.54) is 0 Å². The Morgan fingerprint density at radius 3 is 2.42 bits per heavy atom. The predicted octanol–water partition coefficient (Wildman–Crippen LogP) is 2.59. The fourth-order valence-electron chi connectivity index (χ4n) is 1.89. The summed E-state index contributed by atoms with van der Waals surface area (Å²) in [5.41, 5.74) is 7.98. The summed E-state index contributed by atoms with van der Waals surface area (Å²) in [6.45, 7) is 3.17. The highest BCUT2D eigenvalue weighted by molar-refractivity contribution is 5.48. The highest BCUT2D eigenvalue weighted by Gasteiger charge is 2.08. The molecule has 0 aliphatic carbocycles. The van der Waals surface area contributed by atoms with Gasteiger partial charge in [0.2, 0.25) is 0 Å². The standard InChI is InChI=1S/C15H19N3O/c1-2-19-14-5-3-13(4-6-14)18-15(11-16)12-7-9-17-10-8-12/h3-10,15,18H,2,11,16H2,1H3. The van der Waals surface area contributed by atoms with Gasteiger partial charge in [0, 0.05) is 24.6 Å². The molecule has 0 saturated heterocycles. The van der Waals surface area contributed by atoms with Crippen LogP contribution in [0, 0.1) is 0 Å². The van der Waals surface area contributed by atoms with Gasteiger partial charge in [-0.1, -0.05) is 0 Å². The SMILES string of the molecule is CCOc1ccc(NC(CN)c2ccncc2)cc1. The minimum Gasteiger partial charge on any atom is -0.494 e. The number of hydrogen-bond acceptors (Lipinski definition) is 4. The lowest BCUT2D eigenvalue weighted by Crippen LogP contribution is -2.20. The summed E-state index contributed by atoms with van der Waals surface area (Å²) in [5, 5.41) is 3.41. The van der Waals surface area contributed by atoms with Crippen molar-refractivity contribution in [3.05, 3.63) is 54.4 Å². The summed E-state index contributed by atoms with van der Waals surface area (Å²) in [6.07, 6.45) is 3.55. The number of ether oxygens (including phenoxy) is 1. The van der Waals surface area contributed by atoms with E-state index in [1.807, 2.05) is 43.3 Å². The van der Waals surface area contributed by atoms with Crippen molar-refractivity contribution < 1.29 is 4.74 Å². The Balaban J connectivity index is 2.06. The number of anilines is 1. The molecule has 2 rings (SSSR count). The van der Waals surface area contributed by atoms with Crippen LogP contribution < -0.4 is 15.8 Å². The van der Waals surface area contributed by atoms with Gasteiger partial charge in [-0.05, 0) is 48.9 Å². The first-order valence-corrected chi connectivity index (χ1v) is 6.43. The number of hydrogen-bond donors (Lipinski definition) is 2. The summed E-state index contributed by atoms with van der Waals surface area (Å²) in [7, 11) is 0. The highest BCUT2D eigenvalue weighted by atomic mass is 16.5. The number of nitrogens with one attached hydrogen (secondary N) is 1. The van der Waals surface area contributed by atoms with Crippen molar-refractivity contribution in [3.8, 4) is 5.75 Å². The zero-order valence-corrected chi connectivity index (χ0v) is 11.0. The Morgan fingerprint density at radius 1 is 1.16 bits per heavy atom. The summed E-state index contributed by atoms with van der Waals surface area (Å²) < 4.78 is 5.42. The minimum absolute atomic E-state index is 0.0842. The number of pyridine rings is 1. The molecule has 2 aromatic rings. The number of aromatic nitrogens is 1. The molecule has 1 aromatic carbocycles. The third-order valence-corrected chi connectivity index (χ3v) is 2.85. The van der Waals surface area contributed by atoms with Gasteiger partial charge in [0.1, 0.15) is 5.75 Å². The molecule has 19 heavy (non-hydrogen) atoms. The van der Waals surface area contributed by atoms with Crippen LogP contribution in [-0.2, 0) is 0 Å². The van der Waals surface area contributed by atoms with E-state index in [2.05, 4.69) is 10.3 Å². The van der Waals surface area contributed by atoms with Gasteiger partial charge in [0.25, 0.3) is 0 Å². The molecule has 0 aliphatic rings. The second kappa shape index (κ2) is 6.75. The Bertz CT molecular complexity index is 485. The fraction of sp³-hybridized carbons (Fsp3) is 0.267. The smallest absolute Gasteiger partial charge is 0.119 e. The van der Waals surface area contributed by atoms with Crippen molar-refractivity contribution in [2.45, 2.75) is 13.0 Å². The number of rotatable bonds is 6. The third kappa shape index (κ3) is 3.69. The van der Waals surface area contributed by atoms with Gasteiger partial charge in [-0.2, -0.15) is 0 Å². The van der Waals surface area contributed by atoms with Crippen LogP contribution in [0.15, 0.2) is 48.8 Å². The zero-order valence-electron chi connectivity index (χ0n) is 11.0. The van der Waals surface area contributed by atoms with Gasteiger partial charge in [0.05, 0.1) is 12.6 Å². The number of nitrogens with two attached hydrogens (primary N) is 1. The van der Waals surface area contributed by atoms with E-state index >= 15 is 0 Å². The molecular formula is C15H19N3O. The molecule has 1 atom stereocenters. The van der Waals surface area contributed by atoms with E-state index < -0.39 is 0 Å². The first kappa shape index (κ1) is 13.4. The van der Waals surface area contributed by atoms with Crippen molar-refractivity contribution >= 4 is 5.69 Å². The van der Waals surface area contributed by atoms with Crippen LogP contribution in [0.25, 0.3) is 0 Å². The van der Waals surface area contributed by atoms with Crippen molar-refractivity contribution in [1.29, 1.82) is 0 Å². The van der Waals surface area contributed by atoms with Crippen molar-refractivity contribution in [1.82, 2.24) is 4.98 Å². The monoisotopic (exact) mass is 257 g/mol. The first-order chi connectivity index (χ1) is 9.33. The van der Waals surface area contributed by atoms with Crippen LogP contribution in [-0.4, -0.2) is 18.1 Å². The first-order valence-electron chi connectivity index (χ1n) is 6.43. The largest absolute Gasteiger partial charge is 0.494 e. The molecule has 1 unspecified atom stereocenters. The van der Waals surface area contributed by atoms with Crippen LogP contribution in [0.3, 0.4) is 0 Å². The Morgan fingerprint density at radius 2 is 1.84 bits per heavy atom. The maximum Gasteiger partial charge on any atom is 0.119 e. The predicted molar refractivity (Wildman–Crippen MR) is 77.3 cm³/mol. The van der Waals surface area contributed by atoms with Crippen LogP contribution in [0.4, 0.5) is 5.69 Å². The lowest BCUT2D eigenvalue weighted by atomic mass is 10.1. The van der Waals surface area contributed by atoms with Crippen molar-refractivity contribution in [2.75, 3.05) is 18.5 Å². The minimum atomic E-state index is 0.0842. The van der Waals surface area contributed by atoms with E-state index in [0.29, 0.717) is 13.2 Å². The zero-order chi connectivity index (χ0) is 13.5. The van der Waals surface area contributed by atoms with E-state index in [-0.39, 0.29) is 6.04 Å². The molecule has 4 heteroatoms. The molecular weight excluding hydrogens is 238 g/mol. The molecule has 0 aliphatic heterocycles. The van der Waals surface area contributed by atoms with Gasteiger partial charge >= 0.3 is 0 Å². The van der Waals surface area contributed by atoms with Gasteiger partial charge in [-0.15, -0.1) is 0 Å². The van der Waals surface area contributed by atoms with Crippen LogP contribution in [0.5, 0.6) is 5.75 Å². The van der Waals surface area contributed by atoms with E-state index in [9.17, 15) is 0 Å². The molecule has 0 saturated carbocycles. The molecule has 0 fully saturated rings. The number of benzene rings is 1. The molecule has 0 spiro atoms. The van der Waals surface area contributed by atoms with E-state index in [0.717, 1.165) is 17.0 Å². The van der Waals surface area contributed by atoms with Crippen LogP contribution >= 0.6 is 0 Å². The maximum atomic E-state index is 5.82. The quantitative estimate of drug-likeness (QED) is 0.835. The number of nitrogens with zero attached hydrogens (tertiary/aromatic N) is 1. The molecule has 0 bridgehead atoms.